The molecule has 1 aromatic heterocycles. The van der Waals surface area contributed by atoms with Crippen LogP contribution in [0, 0.1) is 5.92 Å². The molecule has 0 spiro atoms. The van der Waals surface area contributed by atoms with Crippen molar-refractivity contribution in [2.45, 2.75) is 63.4 Å². The molecule has 3 aromatic rings. The van der Waals surface area contributed by atoms with Gasteiger partial charge in [0.15, 0.2) is 5.78 Å². The normalized spacial score (nSPS) is 19.7. The highest BCUT2D eigenvalue weighted by atomic mass is 32.1. The number of ketones is 1. The van der Waals surface area contributed by atoms with Crippen LogP contribution in [0.15, 0.2) is 48.5 Å². The summed E-state index contributed by atoms with van der Waals surface area (Å²) in [6.07, 6.45) is 6.20. The molecule has 0 bridgehead atoms. The number of carbonyl (C=O) groups is 3. The quantitative estimate of drug-likeness (QED) is 0.253. The summed E-state index contributed by atoms with van der Waals surface area (Å²) in [5, 5.41) is 13.2. The average molecular weight is 506 g/mol. The van der Waals surface area contributed by atoms with Crippen LogP contribution in [0.4, 0.5) is 0 Å². The predicted molar refractivity (Wildman–Crippen MR) is 140 cm³/mol. The summed E-state index contributed by atoms with van der Waals surface area (Å²) in [5.74, 6) is 0.351. The third-order valence-corrected chi connectivity index (χ3v) is 8.30. The van der Waals surface area contributed by atoms with E-state index in [-0.39, 0.29) is 23.7 Å². The van der Waals surface area contributed by atoms with Gasteiger partial charge in [-0.15, -0.1) is 11.3 Å². The van der Waals surface area contributed by atoms with Gasteiger partial charge in [0.1, 0.15) is 5.75 Å². The van der Waals surface area contributed by atoms with E-state index < -0.39 is 5.97 Å². The molecule has 1 amide bonds. The predicted octanol–water partition coefficient (Wildman–Crippen LogP) is 6.19. The highest BCUT2D eigenvalue weighted by Gasteiger charge is 2.27. The molecule has 36 heavy (non-hydrogen) atoms. The van der Waals surface area contributed by atoms with Gasteiger partial charge in [-0.3, -0.25) is 14.4 Å². The number of thiophene rings is 1. The van der Waals surface area contributed by atoms with E-state index in [1.165, 1.54) is 29.7 Å². The Balaban J connectivity index is 1.04. The van der Waals surface area contributed by atoms with Crippen LogP contribution in [0.5, 0.6) is 5.75 Å². The largest absolute Gasteiger partial charge is 0.490 e. The number of carboxylic acid groups (broad SMARTS) is 1. The minimum Gasteiger partial charge on any atom is -0.490 e. The second-order valence-corrected chi connectivity index (χ2v) is 11.0. The summed E-state index contributed by atoms with van der Waals surface area (Å²) in [5.41, 5.74) is 1.99. The summed E-state index contributed by atoms with van der Waals surface area (Å²) in [6, 6.07) is 15.6. The molecule has 188 valence electrons. The van der Waals surface area contributed by atoms with Crippen molar-refractivity contribution in [1.29, 1.82) is 0 Å². The molecular weight excluding hydrogens is 474 g/mol. The maximum atomic E-state index is 12.6. The molecule has 5 rings (SSSR count). The first-order valence-electron chi connectivity index (χ1n) is 12.8. The number of rotatable bonds is 10. The van der Waals surface area contributed by atoms with Crippen LogP contribution < -0.4 is 10.1 Å². The molecule has 2 aliphatic rings. The maximum absolute atomic E-state index is 12.6. The Labute approximate surface area is 214 Å². The van der Waals surface area contributed by atoms with Gasteiger partial charge in [-0.2, -0.15) is 0 Å². The van der Waals surface area contributed by atoms with Crippen molar-refractivity contribution in [3.63, 3.8) is 0 Å². The number of carboxylic acids is 1. The van der Waals surface area contributed by atoms with Gasteiger partial charge in [0.25, 0.3) is 5.91 Å². The third-order valence-electron chi connectivity index (χ3n) is 7.18. The Kier molecular flexibility index (Phi) is 7.37. The van der Waals surface area contributed by atoms with E-state index in [1.807, 2.05) is 6.07 Å². The number of benzene rings is 2. The lowest BCUT2D eigenvalue weighted by Crippen LogP contribution is -2.27. The summed E-state index contributed by atoms with van der Waals surface area (Å²) in [6.45, 7) is 0.451. The molecule has 2 N–H and O–H groups in total. The van der Waals surface area contributed by atoms with Crippen molar-refractivity contribution < 1.29 is 24.2 Å². The van der Waals surface area contributed by atoms with Crippen LogP contribution in [0.25, 0.3) is 10.1 Å². The molecule has 0 saturated heterocycles. The summed E-state index contributed by atoms with van der Waals surface area (Å²) < 4.78 is 7.10. The zero-order chi connectivity index (χ0) is 25.1. The first kappa shape index (κ1) is 24.5. The van der Waals surface area contributed by atoms with E-state index in [4.69, 9.17) is 9.84 Å². The number of amides is 1. The Morgan fingerprint density at radius 3 is 2.39 bits per heavy atom. The van der Waals surface area contributed by atoms with Gasteiger partial charge in [-0.05, 0) is 98.2 Å². The van der Waals surface area contributed by atoms with Crippen molar-refractivity contribution in [1.82, 2.24) is 5.32 Å². The molecule has 2 aliphatic carbocycles. The number of fused-ring (bicyclic) bond motifs is 1. The highest BCUT2D eigenvalue weighted by molar-refractivity contribution is 7.20. The Hall–Kier alpha value is -3.19. The molecule has 0 unspecified atom stereocenters. The number of nitrogens with one attached hydrogen (secondary N) is 1. The Bertz CT molecular complexity index is 1250. The van der Waals surface area contributed by atoms with E-state index in [2.05, 4.69) is 23.5 Å². The van der Waals surface area contributed by atoms with Crippen molar-refractivity contribution >= 4 is 39.1 Å². The number of ether oxygens (including phenoxy) is 1. The standard InChI is InChI=1S/C29H31NO5S/c31-25(19-5-10-23(11-6-19)35-24-12-7-20(8-13-24)29(33)34)2-1-15-30-28(32)27-17-22-16-21(18-3-4-18)9-14-26(22)36-27/h5-6,9-11,14,16-18,20,24H,1-4,7-8,12-13,15H2,(H,30,32)(H,33,34). The van der Waals surface area contributed by atoms with Crippen molar-refractivity contribution in [2.75, 3.05) is 6.54 Å². The first-order valence-corrected chi connectivity index (χ1v) is 13.6. The molecule has 0 aliphatic heterocycles. The number of hydrogen-bond acceptors (Lipinski definition) is 5. The van der Waals surface area contributed by atoms with E-state index in [0.29, 0.717) is 54.3 Å². The number of Topliss-reactive ketones (excluding diaryl/α,β-unsaturated/α-hetero) is 1. The summed E-state index contributed by atoms with van der Waals surface area (Å²) in [4.78, 5) is 36.9. The van der Waals surface area contributed by atoms with Gasteiger partial charge >= 0.3 is 5.97 Å². The Morgan fingerprint density at radius 1 is 0.944 bits per heavy atom. The fourth-order valence-electron chi connectivity index (χ4n) is 4.87. The van der Waals surface area contributed by atoms with Crippen molar-refractivity contribution in [3.8, 4) is 5.75 Å². The molecule has 2 fully saturated rings. The first-order chi connectivity index (χ1) is 17.5. The van der Waals surface area contributed by atoms with E-state index in [9.17, 15) is 14.4 Å². The van der Waals surface area contributed by atoms with Crippen LogP contribution >= 0.6 is 11.3 Å². The van der Waals surface area contributed by atoms with Crippen LogP contribution in [0.1, 0.15) is 82.9 Å². The smallest absolute Gasteiger partial charge is 0.306 e. The van der Waals surface area contributed by atoms with Crippen LogP contribution in [-0.2, 0) is 4.79 Å². The van der Waals surface area contributed by atoms with Gasteiger partial charge < -0.3 is 15.2 Å². The molecule has 1 heterocycles. The molecule has 6 nitrogen and oxygen atoms in total. The molecule has 2 aromatic carbocycles. The molecule has 0 radical (unpaired) electrons. The lowest BCUT2D eigenvalue weighted by atomic mass is 9.87. The minimum atomic E-state index is -0.724. The summed E-state index contributed by atoms with van der Waals surface area (Å²) >= 11 is 1.51. The minimum absolute atomic E-state index is 0.0203. The van der Waals surface area contributed by atoms with E-state index in [1.54, 1.807) is 24.3 Å². The number of aliphatic carboxylic acids is 1. The zero-order valence-corrected chi connectivity index (χ0v) is 21.0. The van der Waals surface area contributed by atoms with Gasteiger partial charge in [0.2, 0.25) is 0 Å². The van der Waals surface area contributed by atoms with Gasteiger partial charge in [-0.25, -0.2) is 0 Å². The average Bonchev–Trinajstić information content (AvgIpc) is 3.65. The van der Waals surface area contributed by atoms with E-state index in [0.717, 1.165) is 22.9 Å². The lowest BCUT2D eigenvalue weighted by Gasteiger charge is -2.26. The van der Waals surface area contributed by atoms with Crippen molar-refractivity contribution in [3.05, 3.63) is 64.5 Å². The molecule has 2 saturated carbocycles. The number of carbonyl (C=O) groups excluding carboxylic acids is 2. The Morgan fingerprint density at radius 2 is 1.69 bits per heavy atom. The van der Waals surface area contributed by atoms with Crippen molar-refractivity contribution in [2.24, 2.45) is 5.92 Å². The SMILES string of the molecule is O=C(CCCNC(=O)c1cc2cc(C3CC3)ccc2s1)c1ccc(OC2CCC(C(=O)O)CC2)cc1. The van der Waals surface area contributed by atoms with E-state index >= 15 is 0 Å². The second kappa shape index (κ2) is 10.8. The third kappa shape index (κ3) is 5.95. The lowest BCUT2D eigenvalue weighted by molar-refractivity contribution is -0.143. The molecule has 7 heteroatoms. The second-order valence-electron chi connectivity index (χ2n) is 9.92. The van der Waals surface area contributed by atoms with Crippen LogP contribution in [0.2, 0.25) is 0 Å². The van der Waals surface area contributed by atoms with Crippen LogP contribution in [-0.4, -0.2) is 35.4 Å². The van der Waals surface area contributed by atoms with Gasteiger partial charge in [-0.1, -0.05) is 12.1 Å². The fourth-order valence-corrected chi connectivity index (χ4v) is 5.83. The molecular formula is C29H31NO5S. The molecule has 0 atom stereocenters. The fraction of sp³-hybridized carbons (Fsp3) is 0.414. The topological polar surface area (TPSA) is 92.7 Å². The maximum Gasteiger partial charge on any atom is 0.306 e. The monoisotopic (exact) mass is 505 g/mol. The van der Waals surface area contributed by atoms with Gasteiger partial charge in [0.05, 0.1) is 16.9 Å². The zero-order valence-electron chi connectivity index (χ0n) is 20.2. The summed E-state index contributed by atoms with van der Waals surface area (Å²) in [7, 11) is 0. The van der Waals surface area contributed by atoms with Gasteiger partial charge in [0, 0.05) is 23.2 Å². The number of hydrogen-bond donors (Lipinski definition) is 2. The highest BCUT2D eigenvalue weighted by Crippen LogP contribution is 2.41. The van der Waals surface area contributed by atoms with Crippen LogP contribution in [0.3, 0.4) is 0 Å².